The molecule has 0 aliphatic rings. The Morgan fingerprint density at radius 3 is 2.33 bits per heavy atom. The molecule has 1 aromatic heterocycles. The number of hydrogen-bond donors (Lipinski definition) is 1. The van der Waals surface area contributed by atoms with Gasteiger partial charge in [0.05, 0.1) is 16.9 Å². The number of benzene rings is 1. The van der Waals surface area contributed by atoms with E-state index >= 15 is 0 Å². The molecule has 2 rings (SSSR count). The van der Waals surface area contributed by atoms with Gasteiger partial charge in [0.25, 0.3) is 0 Å². The van der Waals surface area contributed by atoms with E-state index in [2.05, 4.69) is 4.98 Å². The van der Waals surface area contributed by atoms with Crippen molar-refractivity contribution in [1.82, 2.24) is 4.98 Å². The highest BCUT2D eigenvalue weighted by Gasteiger charge is 2.15. The van der Waals surface area contributed by atoms with E-state index in [1.165, 1.54) is 6.07 Å². The smallest absolute Gasteiger partial charge is 0.173 e. The van der Waals surface area contributed by atoms with Crippen LogP contribution in [0, 0.1) is 43.4 Å². The molecule has 0 spiro atoms. The summed E-state index contributed by atoms with van der Waals surface area (Å²) < 4.78 is 0. The topological polar surface area (TPSA) is 104 Å². The first-order valence-corrected chi connectivity index (χ1v) is 8.20. The van der Waals surface area contributed by atoms with Crippen LogP contribution in [0.25, 0.3) is 0 Å². The van der Waals surface area contributed by atoms with Crippen molar-refractivity contribution in [3.63, 3.8) is 0 Å². The quantitative estimate of drug-likeness (QED) is 0.678. The fraction of sp³-hybridized carbons (Fsp3) is 0.222. The lowest BCUT2D eigenvalue weighted by atomic mass is 9.99. The molecule has 0 atom stereocenters. The van der Waals surface area contributed by atoms with Crippen molar-refractivity contribution in [3.05, 3.63) is 51.6 Å². The summed E-state index contributed by atoms with van der Waals surface area (Å²) in [6.07, 6.45) is 0. The third kappa shape index (κ3) is 3.56. The van der Waals surface area contributed by atoms with E-state index in [4.69, 9.17) is 11.0 Å². The molecule has 24 heavy (non-hydrogen) atoms. The monoisotopic (exact) mass is 336 g/mol. The fourth-order valence-corrected chi connectivity index (χ4v) is 3.11. The Bertz CT molecular complexity index is 907. The van der Waals surface area contributed by atoms with Gasteiger partial charge in [-0.3, -0.25) is 4.79 Å². The summed E-state index contributed by atoms with van der Waals surface area (Å²) in [5.74, 6) is 0.180. The van der Waals surface area contributed by atoms with E-state index in [1.807, 2.05) is 45.0 Å². The van der Waals surface area contributed by atoms with Gasteiger partial charge in [0.1, 0.15) is 23.0 Å². The molecule has 2 aromatic rings. The molecule has 0 fully saturated rings. The van der Waals surface area contributed by atoms with E-state index < -0.39 is 0 Å². The summed E-state index contributed by atoms with van der Waals surface area (Å²) in [4.78, 5) is 16.6. The summed E-state index contributed by atoms with van der Waals surface area (Å²) in [7, 11) is 0. The van der Waals surface area contributed by atoms with Crippen LogP contribution in [0.2, 0.25) is 0 Å². The zero-order chi connectivity index (χ0) is 17.9. The molecule has 6 heteroatoms. The second-order valence-electron chi connectivity index (χ2n) is 5.46. The Balaban J connectivity index is 2.24. The van der Waals surface area contributed by atoms with Crippen molar-refractivity contribution < 1.29 is 4.79 Å². The minimum Gasteiger partial charge on any atom is -0.383 e. The summed E-state index contributed by atoms with van der Waals surface area (Å²) in [6, 6.07) is 9.16. The number of aromatic nitrogens is 1. The van der Waals surface area contributed by atoms with Gasteiger partial charge in [-0.15, -0.1) is 0 Å². The third-order valence-corrected chi connectivity index (χ3v) is 4.73. The number of nitrogen functional groups attached to an aromatic ring is 1. The summed E-state index contributed by atoms with van der Waals surface area (Å²) in [5, 5.41) is 18.5. The number of rotatable bonds is 4. The number of pyridine rings is 1. The predicted octanol–water partition coefficient (Wildman–Crippen LogP) is 3.31. The average Bonchev–Trinajstić information content (AvgIpc) is 2.56. The van der Waals surface area contributed by atoms with Crippen molar-refractivity contribution in [2.45, 2.75) is 25.8 Å². The fourth-order valence-electron chi connectivity index (χ4n) is 2.26. The van der Waals surface area contributed by atoms with Crippen LogP contribution in [0.3, 0.4) is 0 Å². The normalized spacial score (nSPS) is 10.0. The zero-order valence-electron chi connectivity index (χ0n) is 13.7. The Hall–Kier alpha value is -2.83. The van der Waals surface area contributed by atoms with Crippen LogP contribution in [0.5, 0.6) is 0 Å². The first-order chi connectivity index (χ1) is 11.4. The molecule has 0 unspecified atom stereocenters. The Labute approximate surface area is 145 Å². The summed E-state index contributed by atoms with van der Waals surface area (Å²) >= 11 is 1.15. The number of nitrogens with two attached hydrogens (primary N) is 1. The van der Waals surface area contributed by atoms with Gasteiger partial charge in [0.15, 0.2) is 5.78 Å². The number of carbonyl (C=O) groups excluding carboxylic acids is 1. The highest BCUT2D eigenvalue weighted by molar-refractivity contribution is 8.00. The van der Waals surface area contributed by atoms with Crippen LogP contribution in [0.15, 0.2) is 23.2 Å². The van der Waals surface area contributed by atoms with Crippen LogP contribution in [-0.2, 0) is 0 Å². The van der Waals surface area contributed by atoms with Crippen LogP contribution in [0.4, 0.5) is 5.82 Å². The van der Waals surface area contributed by atoms with Crippen molar-refractivity contribution in [2.24, 2.45) is 0 Å². The maximum absolute atomic E-state index is 12.5. The number of anilines is 1. The van der Waals surface area contributed by atoms with E-state index in [0.717, 1.165) is 28.5 Å². The highest BCUT2D eigenvalue weighted by Crippen LogP contribution is 2.25. The SMILES string of the molecule is Cc1cc(C)c(C(=O)CSc2nc(N)c(C#N)cc2C#N)cc1C. The van der Waals surface area contributed by atoms with E-state index in [-0.39, 0.29) is 28.5 Å². The molecule has 0 radical (unpaired) electrons. The van der Waals surface area contributed by atoms with Crippen molar-refractivity contribution in [2.75, 3.05) is 11.5 Å². The second kappa shape index (κ2) is 7.16. The van der Waals surface area contributed by atoms with Gasteiger partial charge < -0.3 is 5.73 Å². The number of nitrogens with zero attached hydrogens (tertiary/aromatic N) is 3. The Morgan fingerprint density at radius 2 is 1.71 bits per heavy atom. The average molecular weight is 336 g/mol. The molecule has 0 aliphatic carbocycles. The van der Waals surface area contributed by atoms with Gasteiger partial charge in [-0.1, -0.05) is 17.8 Å². The number of nitriles is 2. The van der Waals surface area contributed by atoms with Crippen LogP contribution < -0.4 is 5.73 Å². The van der Waals surface area contributed by atoms with Crippen molar-refractivity contribution in [3.8, 4) is 12.1 Å². The molecule has 0 aliphatic heterocycles. The molecule has 1 aromatic carbocycles. The molecular weight excluding hydrogens is 320 g/mol. The number of carbonyl (C=O) groups is 1. The standard InChI is InChI=1S/C18H16N4OS/c1-10-4-12(3)15(5-11(10)2)16(23)9-24-18-14(8-20)6-13(7-19)17(21)22-18/h4-6H,9H2,1-3H3,(H2,21,22). The predicted molar refractivity (Wildman–Crippen MR) is 93.8 cm³/mol. The molecule has 0 saturated heterocycles. The molecule has 0 amide bonds. The summed E-state index contributed by atoms with van der Waals surface area (Å²) in [6.45, 7) is 5.88. The van der Waals surface area contributed by atoms with E-state index in [9.17, 15) is 10.1 Å². The number of ketones is 1. The van der Waals surface area contributed by atoms with Crippen LogP contribution in [0.1, 0.15) is 38.2 Å². The highest BCUT2D eigenvalue weighted by atomic mass is 32.2. The second-order valence-corrected chi connectivity index (χ2v) is 6.42. The largest absolute Gasteiger partial charge is 0.383 e. The number of aryl methyl sites for hydroxylation is 3. The lowest BCUT2D eigenvalue weighted by molar-refractivity contribution is 0.102. The first kappa shape index (κ1) is 17.5. The van der Waals surface area contributed by atoms with Crippen LogP contribution in [-0.4, -0.2) is 16.5 Å². The minimum absolute atomic E-state index is 0.0331. The first-order valence-electron chi connectivity index (χ1n) is 7.22. The van der Waals surface area contributed by atoms with Gasteiger partial charge >= 0.3 is 0 Å². The molecule has 2 N–H and O–H groups in total. The number of hydrogen-bond acceptors (Lipinski definition) is 6. The maximum Gasteiger partial charge on any atom is 0.173 e. The van der Waals surface area contributed by atoms with Gasteiger partial charge in [0.2, 0.25) is 0 Å². The van der Waals surface area contributed by atoms with Gasteiger partial charge in [0, 0.05) is 5.56 Å². The Morgan fingerprint density at radius 1 is 1.08 bits per heavy atom. The maximum atomic E-state index is 12.5. The van der Waals surface area contributed by atoms with E-state index in [1.54, 1.807) is 0 Å². The molecule has 1 heterocycles. The van der Waals surface area contributed by atoms with Gasteiger partial charge in [-0.05, 0) is 49.6 Å². The lowest BCUT2D eigenvalue weighted by Crippen LogP contribution is -2.07. The van der Waals surface area contributed by atoms with Crippen molar-refractivity contribution in [1.29, 1.82) is 10.5 Å². The zero-order valence-corrected chi connectivity index (χ0v) is 14.5. The lowest BCUT2D eigenvalue weighted by Gasteiger charge is -2.09. The third-order valence-electron chi connectivity index (χ3n) is 3.74. The van der Waals surface area contributed by atoms with Crippen LogP contribution >= 0.6 is 11.8 Å². The van der Waals surface area contributed by atoms with Gasteiger partial charge in [-0.25, -0.2) is 4.98 Å². The van der Waals surface area contributed by atoms with Gasteiger partial charge in [-0.2, -0.15) is 10.5 Å². The summed E-state index contributed by atoms with van der Waals surface area (Å²) in [5.41, 5.74) is 9.90. The minimum atomic E-state index is -0.0331. The van der Waals surface area contributed by atoms with E-state index in [0.29, 0.717) is 10.6 Å². The molecular formula is C18H16N4OS. The molecule has 120 valence electrons. The molecule has 5 nitrogen and oxygen atoms in total. The Kier molecular flexibility index (Phi) is 5.23. The molecule has 0 saturated carbocycles. The number of thioether (sulfide) groups is 1. The van der Waals surface area contributed by atoms with Crippen molar-refractivity contribution >= 4 is 23.4 Å². The molecule has 0 bridgehead atoms. The number of Topliss-reactive ketones (excluding diaryl/α,β-unsaturated/α-hetero) is 1.